The molecule has 3 heterocycles. The highest BCUT2D eigenvalue weighted by Gasteiger charge is 2.10. The molecule has 1 aromatic carbocycles. The van der Waals surface area contributed by atoms with E-state index >= 15 is 0 Å². The number of rotatable bonds is 3. The molecule has 0 N–H and O–H groups in total. The molecule has 0 spiro atoms. The van der Waals surface area contributed by atoms with E-state index in [4.69, 9.17) is 7.85 Å². The zero-order chi connectivity index (χ0) is 25.1. The lowest BCUT2D eigenvalue weighted by Crippen LogP contribution is -2.03. The van der Waals surface area contributed by atoms with Crippen molar-refractivity contribution in [2.45, 2.75) is 55.4 Å². The molecule has 0 saturated heterocycles. The fraction of sp³-hybridized carbons (Fsp3) is 0.276. The summed E-state index contributed by atoms with van der Waals surface area (Å²) in [6.45, 7) is 16.1. The summed E-state index contributed by atoms with van der Waals surface area (Å²) in [7, 11) is 5.62. The van der Waals surface area contributed by atoms with E-state index in [9.17, 15) is 0 Å². The molecule has 0 amide bonds. The lowest BCUT2D eigenvalue weighted by Gasteiger charge is -2.10. The number of benzene rings is 1. The third-order valence-electron chi connectivity index (χ3n) is 4.02. The molecule has 2 radical (unpaired) electrons. The Bertz CT molecular complexity index is 989. The summed E-state index contributed by atoms with van der Waals surface area (Å²) in [5.41, 5.74) is 6.96. The van der Waals surface area contributed by atoms with Gasteiger partial charge in [0, 0.05) is 35.9 Å². The van der Waals surface area contributed by atoms with E-state index < -0.39 is 0 Å². The Morgan fingerprint density at radius 3 is 1.91 bits per heavy atom. The van der Waals surface area contributed by atoms with Crippen LogP contribution in [0.1, 0.15) is 65.3 Å². The third-order valence-corrected chi connectivity index (χ3v) is 4.02. The number of allylic oxidation sites excluding steroid dienone is 2. The van der Waals surface area contributed by atoms with Gasteiger partial charge >= 0.3 is 0 Å². The molecular formula is C29H38BN3. The second kappa shape index (κ2) is 18.3. The van der Waals surface area contributed by atoms with Crippen molar-refractivity contribution in [3.05, 3.63) is 90.0 Å². The van der Waals surface area contributed by atoms with Gasteiger partial charge in [-0.05, 0) is 37.1 Å². The molecule has 1 aliphatic rings. The molecule has 0 aliphatic carbocycles. The van der Waals surface area contributed by atoms with Gasteiger partial charge in [0.25, 0.3) is 0 Å². The van der Waals surface area contributed by atoms with Crippen molar-refractivity contribution in [2.24, 2.45) is 4.99 Å². The van der Waals surface area contributed by atoms with Crippen molar-refractivity contribution in [1.82, 2.24) is 9.97 Å². The molecule has 0 bridgehead atoms. The van der Waals surface area contributed by atoms with E-state index in [2.05, 4.69) is 39.2 Å². The van der Waals surface area contributed by atoms with Crippen LogP contribution in [0.15, 0.2) is 78.2 Å². The van der Waals surface area contributed by atoms with Crippen molar-refractivity contribution in [1.29, 1.82) is 0 Å². The Kier molecular flexibility index (Phi) is 16.5. The van der Waals surface area contributed by atoms with Crippen LogP contribution in [0.2, 0.25) is 0 Å². The smallest absolute Gasteiger partial charge is 0.115 e. The van der Waals surface area contributed by atoms with Crippen LogP contribution in [0.3, 0.4) is 0 Å². The van der Waals surface area contributed by atoms with Crippen LogP contribution in [-0.2, 0) is 0 Å². The Morgan fingerprint density at radius 1 is 0.818 bits per heavy atom. The zero-order valence-corrected chi connectivity index (χ0v) is 21.5. The minimum Gasteiger partial charge on any atom is -0.263 e. The highest BCUT2D eigenvalue weighted by molar-refractivity contribution is 6.32. The highest BCUT2D eigenvalue weighted by Crippen LogP contribution is 2.23. The Hall–Kier alpha value is -3.27. The van der Waals surface area contributed by atoms with Gasteiger partial charge in [0.1, 0.15) is 7.85 Å². The molecule has 0 atom stereocenters. The Balaban J connectivity index is 0.000000578. The predicted molar refractivity (Wildman–Crippen MR) is 149 cm³/mol. The second-order valence-corrected chi connectivity index (χ2v) is 6.14. The van der Waals surface area contributed by atoms with Crippen molar-refractivity contribution < 1.29 is 0 Å². The molecule has 3 nitrogen and oxygen atoms in total. The summed E-state index contributed by atoms with van der Waals surface area (Å²) >= 11 is 0. The summed E-state index contributed by atoms with van der Waals surface area (Å²) < 4.78 is 0. The van der Waals surface area contributed by atoms with Crippen LogP contribution in [0, 0.1) is 6.92 Å². The van der Waals surface area contributed by atoms with Gasteiger partial charge in [-0.15, -0.1) is 0 Å². The fourth-order valence-corrected chi connectivity index (χ4v) is 2.62. The van der Waals surface area contributed by atoms with Gasteiger partial charge < -0.3 is 0 Å². The lowest BCUT2D eigenvalue weighted by molar-refractivity contribution is 1.21. The average molecular weight is 439 g/mol. The number of hydrogen-bond donors (Lipinski definition) is 0. The minimum absolute atomic E-state index is 0.663. The highest BCUT2D eigenvalue weighted by atomic mass is 14.8. The van der Waals surface area contributed by atoms with E-state index in [-0.39, 0.29) is 0 Å². The van der Waals surface area contributed by atoms with Gasteiger partial charge in [-0.2, -0.15) is 0 Å². The monoisotopic (exact) mass is 439 g/mol. The summed E-state index contributed by atoms with van der Waals surface area (Å²) in [5.74, 6) is 0. The molecule has 33 heavy (non-hydrogen) atoms. The molecule has 4 heteroatoms. The Morgan fingerprint density at radius 2 is 1.45 bits per heavy atom. The molecule has 0 fully saturated rings. The van der Waals surface area contributed by atoms with Gasteiger partial charge in [-0.1, -0.05) is 95.6 Å². The first-order valence-electron chi connectivity index (χ1n) is 11.8. The van der Waals surface area contributed by atoms with Crippen molar-refractivity contribution >= 4 is 31.2 Å². The average Bonchev–Trinajstić information content (AvgIpc) is 2.85. The predicted octanol–water partition coefficient (Wildman–Crippen LogP) is 7.47. The second-order valence-electron chi connectivity index (χ2n) is 6.14. The number of pyridine rings is 2. The summed E-state index contributed by atoms with van der Waals surface area (Å²) in [6, 6.07) is 16.1. The van der Waals surface area contributed by atoms with Crippen LogP contribution in [-0.4, -0.2) is 24.0 Å². The lowest BCUT2D eigenvalue weighted by atomic mass is 9.98. The Labute approximate surface area is 202 Å². The molecule has 1 aliphatic heterocycles. The van der Waals surface area contributed by atoms with E-state index in [1.165, 1.54) is 5.56 Å². The maximum atomic E-state index is 5.62. The molecule has 0 saturated carbocycles. The van der Waals surface area contributed by atoms with Crippen LogP contribution >= 0.6 is 0 Å². The van der Waals surface area contributed by atoms with Crippen molar-refractivity contribution in [2.75, 3.05) is 0 Å². The van der Waals surface area contributed by atoms with Crippen LogP contribution in [0.5, 0.6) is 0 Å². The first-order chi connectivity index (χ1) is 16.2. The summed E-state index contributed by atoms with van der Waals surface area (Å²) in [4.78, 5) is 12.7. The number of nitrogens with zero attached hydrogens (tertiary/aromatic N) is 3. The SMILES string of the molecule is C/C=C/c1ccccc1.CC.CC.CC.[B]c1ccc(-c2cnc(C3=CN=C3)c(C)c2)nc1. The van der Waals surface area contributed by atoms with E-state index in [1.807, 2.05) is 110 Å². The standard InChI is InChI=1S/C14H10BN3.C9H10.3C2H6/c1-9-4-10(13-3-2-12(15)8-17-13)7-18-14(9)11-5-16-6-11;1-2-6-9-7-4-3-5-8-9;3*1-2/h2-8H,1H3;2-8H,1H3;3*1-2H3/b;6-2+;;;. The van der Waals surface area contributed by atoms with Gasteiger partial charge in [0.2, 0.25) is 0 Å². The topological polar surface area (TPSA) is 38.1 Å². The quantitative estimate of drug-likeness (QED) is 0.397. The van der Waals surface area contributed by atoms with Crippen LogP contribution in [0.25, 0.3) is 22.9 Å². The van der Waals surface area contributed by atoms with Crippen LogP contribution in [0.4, 0.5) is 0 Å². The molecule has 172 valence electrons. The normalized spacial score (nSPS) is 10.5. The van der Waals surface area contributed by atoms with Crippen LogP contribution < -0.4 is 5.46 Å². The molecule has 0 unspecified atom stereocenters. The van der Waals surface area contributed by atoms with E-state index in [0.29, 0.717) is 5.46 Å². The summed E-state index contributed by atoms with van der Waals surface area (Å²) in [6.07, 6.45) is 11.2. The third kappa shape index (κ3) is 10.3. The molecule has 2 aromatic heterocycles. The van der Waals surface area contributed by atoms with Crippen molar-refractivity contribution in [3.8, 4) is 11.3 Å². The first kappa shape index (κ1) is 29.7. The number of hydrogen-bond acceptors (Lipinski definition) is 3. The molecular weight excluding hydrogens is 401 g/mol. The maximum Gasteiger partial charge on any atom is 0.115 e. The number of aliphatic imine (C=N–C) groups is 1. The fourth-order valence-electron chi connectivity index (χ4n) is 2.62. The van der Waals surface area contributed by atoms with Gasteiger partial charge in [-0.3, -0.25) is 15.0 Å². The first-order valence-corrected chi connectivity index (χ1v) is 11.8. The zero-order valence-electron chi connectivity index (χ0n) is 21.5. The molecule has 4 rings (SSSR count). The number of aryl methyl sites for hydroxylation is 1. The summed E-state index contributed by atoms with van der Waals surface area (Å²) in [5, 5.41) is 0. The van der Waals surface area contributed by atoms with E-state index in [0.717, 1.165) is 28.1 Å². The van der Waals surface area contributed by atoms with E-state index in [1.54, 1.807) is 6.20 Å². The van der Waals surface area contributed by atoms with Gasteiger partial charge in [-0.25, -0.2) is 0 Å². The minimum atomic E-state index is 0.663. The van der Waals surface area contributed by atoms with Gasteiger partial charge in [0.05, 0.1) is 11.4 Å². The molecule has 3 aromatic rings. The van der Waals surface area contributed by atoms with Gasteiger partial charge in [0.15, 0.2) is 0 Å². The van der Waals surface area contributed by atoms with Crippen molar-refractivity contribution in [3.63, 3.8) is 0 Å². The number of aromatic nitrogens is 2. The maximum absolute atomic E-state index is 5.62. The largest absolute Gasteiger partial charge is 0.263 e.